The van der Waals surface area contributed by atoms with Crippen molar-refractivity contribution < 1.29 is 43.1 Å². The van der Waals surface area contributed by atoms with E-state index in [2.05, 4.69) is 4.72 Å². The molecule has 0 radical (unpaired) electrons. The van der Waals surface area contributed by atoms with Gasteiger partial charge in [-0.1, -0.05) is 30.7 Å². The second-order valence-corrected chi connectivity index (χ2v) is 5.15. The molecule has 1 unspecified atom stereocenters. The van der Waals surface area contributed by atoms with Crippen molar-refractivity contribution in [2.45, 2.75) is 17.5 Å². The SMILES string of the molecule is CC1(O)[N-]S(=O)(=O)c2c(Cl)cccc21.[Na+]. The van der Waals surface area contributed by atoms with Gasteiger partial charge in [-0.25, -0.2) is 8.42 Å². The van der Waals surface area contributed by atoms with Gasteiger partial charge in [0.25, 0.3) is 0 Å². The predicted octanol–water partition coefficient (Wildman–Crippen LogP) is -1.42. The second kappa shape index (κ2) is 4.00. The van der Waals surface area contributed by atoms with Crippen LogP contribution in [-0.2, 0) is 15.7 Å². The van der Waals surface area contributed by atoms with Crippen molar-refractivity contribution >= 4 is 21.6 Å². The number of rotatable bonds is 0. The molecular formula is C8H7ClNNaO3S. The number of hydrogen-bond donors (Lipinski definition) is 1. The maximum Gasteiger partial charge on any atom is 1.00 e. The molecule has 0 amide bonds. The van der Waals surface area contributed by atoms with E-state index in [9.17, 15) is 13.5 Å². The fourth-order valence-corrected chi connectivity index (χ4v) is 3.45. The van der Waals surface area contributed by atoms with Crippen LogP contribution in [0.15, 0.2) is 23.1 Å². The zero-order valence-corrected chi connectivity index (χ0v) is 11.8. The summed E-state index contributed by atoms with van der Waals surface area (Å²) in [6.07, 6.45) is 0. The summed E-state index contributed by atoms with van der Waals surface area (Å²) in [5.41, 5.74) is -1.47. The minimum absolute atomic E-state index is 0. The molecule has 0 spiro atoms. The third-order valence-electron chi connectivity index (χ3n) is 2.03. The third-order valence-corrected chi connectivity index (χ3v) is 4.01. The molecule has 1 N–H and O–H groups in total. The number of sulfonamides is 1. The van der Waals surface area contributed by atoms with E-state index in [1.165, 1.54) is 19.1 Å². The Balaban J connectivity index is 0.00000112. The first-order chi connectivity index (χ1) is 6.34. The van der Waals surface area contributed by atoms with Crippen LogP contribution in [0, 0.1) is 0 Å². The quantitative estimate of drug-likeness (QED) is 0.579. The molecule has 4 nitrogen and oxygen atoms in total. The summed E-state index contributed by atoms with van der Waals surface area (Å²) in [7, 11) is -3.80. The summed E-state index contributed by atoms with van der Waals surface area (Å²) in [4.78, 5) is -0.0910. The molecule has 76 valence electrons. The number of aliphatic hydroxyl groups is 1. The van der Waals surface area contributed by atoms with Crippen LogP contribution in [0.2, 0.25) is 5.02 Å². The number of halogens is 1. The molecule has 1 heterocycles. The Morgan fingerprint density at radius 3 is 2.60 bits per heavy atom. The standard InChI is InChI=1S/C8H7ClNO3S.Na/c1-8(11)5-3-2-4-6(9)7(5)14(12,13)10-8;/h2-4,11H,1H3;/q-1;+1. The zero-order chi connectivity index (χ0) is 10.6. The van der Waals surface area contributed by atoms with E-state index in [0.717, 1.165) is 0 Å². The Bertz CT molecular complexity index is 501. The van der Waals surface area contributed by atoms with Crippen LogP contribution in [-0.4, -0.2) is 13.5 Å². The Kier molecular flexibility index (Phi) is 3.58. The molecule has 0 saturated heterocycles. The van der Waals surface area contributed by atoms with Crippen LogP contribution >= 0.6 is 11.6 Å². The first-order valence-corrected chi connectivity index (χ1v) is 5.67. The molecule has 1 aromatic carbocycles. The average Bonchev–Trinajstić information content (AvgIpc) is 2.18. The molecule has 0 aliphatic carbocycles. The van der Waals surface area contributed by atoms with E-state index in [-0.39, 0.29) is 45.0 Å². The van der Waals surface area contributed by atoms with Crippen molar-refractivity contribution in [1.82, 2.24) is 0 Å². The first-order valence-electron chi connectivity index (χ1n) is 3.85. The van der Waals surface area contributed by atoms with Gasteiger partial charge in [-0.2, -0.15) is 0 Å². The van der Waals surface area contributed by atoms with Crippen LogP contribution < -0.4 is 29.6 Å². The van der Waals surface area contributed by atoms with Crippen molar-refractivity contribution in [2.75, 3.05) is 0 Å². The van der Waals surface area contributed by atoms with Crippen molar-refractivity contribution in [3.63, 3.8) is 0 Å². The Morgan fingerprint density at radius 1 is 1.47 bits per heavy atom. The van der Waals surface area contributed by atoms with Gasteiger partial charge in [0, 0.05) is 5.72 Å². The summed E-state index contributed by atoms with van der Waals surface area (Å²) in [6.45, 7) is 1.31. The molecule has 0 saturated carbocycles. The van der Waals surface area contributed by atoms with Gasteiger partial charge >= 0.3 is 29.6 Å². The summed E-state index contributed by atoms with van der Waals surface area (Å²) < 4.78 is 26.3. The van der Waals surface area contributed by atoms with Crippen LogP contribution in [0.5, 0.6) is 0 Å². The Morgan fingerprint density at radius 2 is 2.07 bits per heavy atom. The number of fused-ring (bicyclic) bond motifs is 1. The van der Waals surface area contributed by atoms with Crippen LogP contribution in [0.25, 0.3) is 4.72 Å². The first kappa shape index (κ1) is 13.4. The van der Waals surface area contributed by atoms with Crippen LogP contribution in [0.3, 0.4) is 0 Å². The topological polar surface area (TPSA) is 68.5 Å². The molecule has 1 atom stereocenters. The molecule has 0 fully saturated rings. The van der Waals surface area contributed by atoms with Gasteiger partial charge in [0.15, 0.2) is 0 Å². The smallest absolute Gasteiger partial charge is 0.513 e. The van der Waals surface area contributed by atoms with Gasteiger partial charge in [0.1, 0.15) is 10.0 Å². The molecule has 0 aromatic heterocycles. The van der Waals surface area contributed by atoms with Gasteiger partial charge in [-0.3, -0.25) is 0 Å². The van der Waals surface area contributed by atoms with Gasteiger partial charge in [0.05, 0.1) is 9.92 Å². The maximum atomic E-state index is 11.5. The second-order valence-electron chi connectivity index (χ2n) is 3.20. The van der Waals surface area contributed by atoms with E-state index in [1.54, 1.807) is 6.07 Å². The van der Waals surface area contributed by atoms with E-state index in [1.807, 2.05) is 0 Å². The number of benzene rings is 1. The van der Waals surface area contributed by atoms with E-state index in [4.69, 9.17) is 11.6 Å². The summed E-state index contributed by atoms with van der Waals surface area (Å²) in [5.74, 6) is 0. The maximum absolute atomic E-state index is 11.5. The molecule has 15 heavy (non-hydrogen) atoms. The molecular weight excluding hydrogens is 249 g/mol. The van der Waals surface area contributed by atoms with Crippen molar-refractivity contribution in [3.8, 4) is 0 Å². The fourth-order valence-electron chi connectivity index (χ4n) is 1.47. The van der Waals surface area contributed by atoms with Gasteiger partial charge in [0.2, 0.25) is 0 Å². The largest absolute Gasteiger partial charge is 1.00 e. The average molecular weight is 256 g/mol. The van der Waals surface area contributed by atoms with E-state index >= 15 is 0 Å². The number of hydrogen-bond acceptors (Lipinski definition) is 3. The Labute approximate surface area is 115 Å². The minimum atomic E-state index is -3.80. The summed E-state index contributed by atoms with van der Waals surface area (Å²) in [6, 6.07) is 4.52. The molecule has 7 heteroatoms. The van der Waals surface area contributed by atoms with E-state index in [0.29, 0.717) is 0 Å². The van der Waals surface area contributed by atoms with Crippen molar-refractivity contribution in [1.29, 1.82) is 0 Å². The van der Waals surface area contributed by atoms with E-state index < -0.39 is 15.7 Å². The van der Waals surface area contributed by atoms with Gasteiger partial charge in [-0.15, -0.1) is 0 Å². The fraction of sp³-hybridized carbons (Fsp3) is 0.250. The summed E-state index contributed by atoms with van der Waals surface area (Å²) in [5, 5.41) is 9.79. The normalized spacial score (nSPS) is 26.9. The molecule has 2 rings (SSSR count). The number of nitrogens with zero attached hydrogens (tertiary/aromatic N) is 1. The summed E-state index contributed by atoms with van der Waals surface area (Å²) >= 11 is 5.73. The third kappa shape index (κ3) is 2.10. The molecule has 0 bridgehead atoms. The van der Waals surface area contributed by atoms with Crippen LogP contribution in [0.1, 0.15) is 12.5 Å². The minimum Gasteiger partial charge on any atom is -0.513 e. The van der Waals surface area contributed by atoms with Crippen molar-refractivity contribution in [3.05, 3.63) is 33.5 Å². The molecule has 1 aliphatic heterocycles. The monoisotopic (exact) mass is 255 g/mol. The predicted molar refractivity (Wildman–Crippen MR) is 51.6 cm³/mol. The van der Waals surface area contributed by atoms with Crippen molar-refractivity contribution in [2.24, 2.45) is 0 Å². The molecule has 1 aliphatic rings. The zero-order valence-electron chi connectivity index (χ0n) is 8.23. The van der Waals surface area contributed by atoms with Gasteiger partial charge < -0.3 is 9.83 Å². The Hall–Kier alpha value is 0.380. The molecule has 1 aromatic rings. The van der Waals surface area contributed by atoms with Gasteiger partial charge in [-0.05, 0) is 11.6 Å². The van der Waals surface area contributed by atoms with Crippen LogP contribution in [0.4, 0.5) is 0 Å².